The van der Waals surface area contributed by atoms with E-state index in [0.717, 1.165) is 11.3 Å². The molecule has 0 amide bonds. The van der Waals surface area contributed by atoms with E-state index in [-0.39, 0.29) is 11.4 Å². The van der Waals surface area contributed by atoms with Gasteiger partial charge in [-0.2, -0.15) is 0 Å². The van der Waals surface area contributed by atoms with E-state index in [4.69, 9.17) is 4.74 Å². The summed E-state index contributed by atoms with van der Waals surface area (Å²) in [6.07, 6.45) is 1.75. The van der Waals surface area contributed by atoms with Gasteiger partial charge in [-0.15, -0.1) is 0 Å². The topological polar surface area (TPSA) is 43.3 Å². The number of anilines is 1. The highest BCUT2D eigenvalue weighted by Crippen LogP contribution is 2.19. The molecule has 0 atom stereocenters. The largest absolute Gasteiger partial charge is 0.383 e. The minimum absolute atomic E-state index is 0.0689. The molecular formula is C15H16BrFN2O2. The third-order valence-corrected chi connectivity index (χ3v) is 3.76. The van der Waals surface area contributed by atoms with Crippen LogP contribution in [0.2, 0.25) is 0 Å². The Morgan fingerprint density at radius 2 is 2.14 bits per heavy atom. The number of methoxy groups -OCH3 is 1. The number of hydrogen-bond acceptors (Lipinski definition) is 3. The van der Waals surface area contributed by atoms with Crippen molar-refractivity contribution in [2.75, 3.05) is 19.0 Å². The average Bonchev–Trinajstić information content (AvgIpc) is 2.46. The molecule has 0 radical (unpaired) electrons. The number of benzene rings is 1. The number of ether oxygens (including phenoxy) is 1. The van der Waals surface area contributed by atoms with Crippen LogP contribution in [0.15, 0.2) is 45.8 Å². The lowest BCUT2D eigenvalue weighted by Crippen LogP contribution is -2.21. The summed E-state index contributed by atoms with van der Waals surface area (Å²) in [5, 5.41) is 3.21. The number of rotatable bonds is 6. The van der Waals surface area contributed by atoms with Crippen LogP contribution in [-0.2, 0) is 17.8 Å². The summed E-state index contributed by atoms with van der Waals surface area (Å²) in [5.74, 6) is -0.279. The van der Waals surface area contributed by atoms with Gasteiger partial charge in [-0.1, -0.05) is 22.0 Å². The van der Waals surface area contributed by atoms with Crippen molar-refractivity contribution in [1.82, 2.24) is 4.57 Å². The third-order valence-electron chi connectivity index (χ3n) is 3.02. The quantitative estimate of drug-likeness (QED) is 0.866. The molecule has 112 valence electrons. The van der Waals surface area contributed by atoms with Crippen LogP contribution in [0.4, 0.5) is 10.1 Å². The zero-order valence-electron chi connectivity index (χ0n) is 11.6. The van der Waals surface area contributed by atoms with Crippen molar-refractivity contribution in [1.29, 1.82) is 0 Å². The monoisotopic (exact) mass is 354 g/mol. The number of hydrogen-bond donors (Lipinski definition) is 1. The van der Waals surface area contributed by atoms with Crippen molar-refractivity contribution in [2.45, 2.75) is 13.1 Å². The van der Waals surface area contributed by atoms with Crippen LogP contribution < -0.4 is 10.9 Å². The van der Waals surface area contributed by atoms with Gasteiger partial charge in [0.15, 0.2) is 0 Å². The number of nitrogens with zero attached hydrogens (tertiary/aromatic N) is 1. The summed E-state index contributed by atoms with van der Waals surface area (Å²) in [4.78, 5) is 11.7. The normalized spacial score (nSPS) is 10.6. The van der Waals surface area contributed by atoms with Crippen molar-refractivity contribution in [3.8, 4) is 0 Å². The fraction of sp³-hybridized carbons (Fsp3) is 0.267. The highest BCUT2D eigenvalue weighted by molar-refractivity contribution is 9.10. The molecule has 2 aromatic rings. The third kappa shape index (κ3) is 4.41. The Balaban J connectivity index is 2.07. The molecule has 0 bridgehead atoms. The molecule has 0 aliphatic heterocycles. The van der Waals surface area contributed by atoms with Gasteiger partial charge < -0.3 is 14.6 Å². The summed E-state index contributed by atoms with van der Waals surface area (Å²) in [6, 6.07) is 7.80. The van der Waals surface area contributed by atoms with E-state index in [1.165, 1.54) is 18.2 Å². The number of pyridine rings is 1. The molecule has 1 aromatic carbocycles. The molecule has 0 saturated carbocycles. The molecule has 21 heavy (non-hydrogen) atoms. The predicted molar refractivity (Wildman–Crippen MR) is 84.0 cm³/mol. The van der Waals surface area contributed by atoms with Crippen molar-refractivity contribution < 1.29 is 9.13 Å². The second-order valence-electron chi connectivity index (χ2n) is 4.53. The SMILES string of the molecule is COCCn1cc(NCc2ccc(F)cc2Br)ccc1=O. The smallest absolute Gasteiger partial charge is 0.250 e. The molecule has 1 heterocycles. The minimum Gasteiger partial charge on any atom is -0.383 e. The summed E-state index contributed by atoms with van der Waals surface area (Å²) >= 11 is 3.33. The van der Waals surface area contributed by atoms with Crippen LogP contribution in [0, 0.1) is 5.82 Å². The van der Waals surface area contributed by atoms with E-state index in [0.29, 0.717) is 24.2 Å². The Bertz CT molecular complexity index is 673. The van der Waals surface area contributed by atoms with Crippen LogP contribution in [-0.4, -0.2) is 18.3 Å². The van der Waals surface area contributed by atoms with Crippen LogP contribution in [0.1, 0.15) is 5.56 Å². The van der Waals surface area contributed by atoms with Crippen molar-refractivity contribution >= 4 is 21.6 Å². The van der Waals surface area contributed by atoms with Crippen molar-refractivity contribution in [3.63, 3.8) is 0 Å². The average molecular weight is 355 g/mol. The molecule has 0 unspecified atom stereocenters. The van der Waals surface area contributed by atoms with Gasteiger partial charge in [0.1, 0.15) is 5.82 Å². The fourth-order valence-corrected chi connectivity index (χ4v) is 2.35. The standard InChI is InChI=1S/C15H16BrFN2O2/c1-21-7-6-19-10-13(4-5-15(19)20)18-9-11-2-3-12(17)8-14(11)16/h2-5,8,10,18H,6-7,9H2,1H3. The maximum Gasteiger partial charge on any atom is 0.250 e. The molecular weight excluding hydrogens is 339 g/mol. The predicted octanol–water partition coefficient (Wildman–Crippen LogP) is 3.01. The van der Waals surface area contributed by atoms with Gasteiger partial charge in [0.25, 0.3) is 5.56 Å². The minimum atomic E-state index is -0.279. The molecule has 6 heteroatoms. The molecule has 2 rings (SSSR count). The Kier molecular flexibility index (Phi) is 5.52. The zero-order chi connectivity index (χ0) is 15.2. The summed E-state index contributed by atoms with van der Waals surface area (Å²) in [5.41, 5.74) is 1.69. The summed E-state index contributed by atoms with van der Waals surface area (Å²) in [6.45, 7) is 1.52. The molecule has 0 spiro atoms. The molecule has 0 aliphatic carbocycles. The first kappa shape index (κ1) is 15.7. The van der Waals surface area contributed by atoms with E-state index in [2.05, 4.69) is 21.2 Å². The van der Waals surface area contributed by atoms with Crippen LogP contribution in [0.25, 0.3) is 0 Å². The Labute approximate surface area is 130 Å². The first-order valence-corrected chi connectivity index (χ1v) is 7.26. The van der Waals surface area contributed by atoms with E-state index in [1.807, 2.05) is 0 Å². The Hall–Kier alpha value is -1.66. The highest BCUT2D eigenvalue weighted by atomic mass is 79.9. The van der Waals surface area contributed by atoms with E-state index >= 15 is 0 Å². The molecule has 0 aliphatic rings. The lowest BCUT2D eigenvalue weighted by atomic mass is 10.2. The van der Waals surface area contributed by atoms with Gasteiger partial charge in [-0.05, 0) is 23.8 Å². The molecule has 1 aromatic heterocycles. The first-order chi connectivity index (χ1) is 10.1. The van der Waals surface area contributed by atoms with Crippen LogP contribution in [0.3, 0.4) is 0 Å². The summed E-state index contributed by atoms with van der Waals surface area (Å²) in [7, 11) is 1.60. The van der Waals surface area contributed by atoms with E-state index in [9.17, 15) is 9.18 Å². The van der Waals surface area contributed by atoms with Gasteiger partial charge in [0.05, 0.1) is 12.3 Å². The maximum absolute atomic E-state index is 13.0. The fourth-order valence-electron chi connectivity index (χ4n) is 1.86. The Morgan fingerprint density at radius 1 is 1.33 bits per heavy atom. The van der Waals surface area contributed by atoms with Gasteiger partial charge in [-0.3, -0.25) is 4.79 Å². The van der Waals surface area contributed by atoms with Gasteiger partial charge in [-0.25, -0.2) is 4.39 Å². The van der Waals surface area contributed by atoms with Gasteiger partial charge in [0.2, 0.25) is 0 Å². The summed E-state index contributed by atoms with van der Waals surface area (Å²) < 4.78 is 20.3. The molecule has 0 saturated heterocycles. The number of aromatic nitrogens is 1. The maximum atomic E-state index is 13.0. The lowest BCUT2D eigenvalue weighted by molar-refractivity contribution is 0.186. The molecule has 0 fully saturated rings. The van der Waals surface area contributed by atoms with Gasteiger partial charge in [0, 0.05) is 36.9 Å². The second kappa shape index (κ2) is 7.38. The molecule has 1 N–H and O–H groups in total. The van der Waals surface area contributed by atoms with Crippen LogP contribution in [0.5, 0.6) is 0 Å². The zero-order valence-corrected chi connectivity index (χ0v) is 13.2. The van der Waals surface area contributed by atoms with E-state index < -0.39 is 0 Å². The van der Waals surface area contributed by atoms with E-state index in [1.54, 1.807) is 30.0 Å². The Morgan fingerprint density at radius 3 is 2.86 bits per heavy atom. The van der Waals surface area contributed by atoms with Gasteiger partial charge >= 0.3 is 0 Å². The van der Waals surface area contributed by atoms with Crippen molar-refractivity contribution in [3.05, 3.63) is 62.7 Å². The second-order valence-corrected chi connectivity index (χ2v) is 5.39. The molecule has 4 nitrogen and oxygen atoms in total. The lowest BCUT2D eigenvalue weighted by Gasteiger charge is -2.11. The van der Waals surface area contributed by atoms with Crippen LogP contribution >= 0.6 is 15.9 Å². The number of halogens is 2. The van der Waals surface area contributed by atoms with Crippen molar-refractivity contribution in [2.24, 2.45) is 0 Å². The first-order valence-electron chi connectivity index (χ1n) is 6.47. The highest BCUT2D eigenvalue weighted by Gasteiger charge is 2.03. The number of nitrogens with one attached hydrogen (secondary N) is 1.